The number of nitro benzene ring substituents is 1. The SMILES string of the molecule is CCc1ccc(C(=O)COC(=O)c2cc([N+](=O)[O-])ccc2N(C)C)cc1. The minimum Gasteiger partial charge on any atom is -0.454 e. The molecule has 0 atom stereocenters. The Morgan fingerprint density at radius 3 is 2.31 bits per heavy atom. The number of anilines is 1. The van der Waals surface area contributed by atoms with E-state index in [9.17, 15) is 19.7 Å². The van der Waals surface area contributed by atoms with Crippen LogP contribution in [-0.2, 0) is 11.2 Å². The number of aryl methyl sites for hydroxylation is 1. The first-order valence-corrected chi connectivity index (χ1v) is 8.08. The molecule has 2 aromatic rings. The summed E-state index contributed by atoms with van der Waals surface area (Å²) >= 11 is 0. The van der Waals surface area contributed by atoms with Crippen molar-refractivity contribution in [3.63, 3.8) is 0 Å². The van der Waals surface area contributed by atoms with Crippen molar-refractivity contribution in [2.75, 3.05) is 25.6 Å². The van der Waals surface area contributed by atoms with E-state index in [-0.39, 0.29) is 17.0 Å². The van der Waals surface area contributed by atoms with Gasteiger partial charge in [-0.25, -0.2) is 4.79 Å². The van der Waals surface area contributed by atoms with Gasteiger partial charge in [0.1, 0.15) is 0 Å². The number of carbonyl (C=O) groups is 2. The van der Waals surface area contributed by atoms with Crippen LogP contribution in [0.25, 0.3) is 0 Å². The van der Waals surface area contributed by atoms with E-state index in [4.69, 9.17) is 4.74 Å². The molecule has 2 rings (SSSR count). The predicted molar refractivity (Wildman–Crippen MR) is 97.9 cm³/mol. The Balaban J connectivity index is 2.14. The Morgan fingerprint density at radius 2 is 1.77 bits per heavy atom. The summed E-state index contributed by atoms with van der Waals surface area (Å²) in [6, 6.07) is 11.0. The molecule has 0 amide bonds. The van der Waals surface area contributed by atoms with Crippen molar-refractivity contribution in [1.29, 1.82) is 0 Å². The molecular weight excluding hydrogens is 336 g/mol. The van der Waals surface area contributed by atoms with Crippen molar-refractivity contribution < 1.29 is 19.2 Å². The molecule has 0 saturated carbocycles. The number of hydrogen-bond donors (Lipinski definition) is 0. The molecule has 136 valence electrons. The number of Topliss-reactive ketones (excluding diaryl/α,β-unsaturated/α-hetero) is 1. The average Bonchev–Trinajstić information content (AvgIpc) is 2.65. The lowest BCUT2D eigenvalue weighted by atomic mass is 10.1. The number of benzene rings is 2. The molecule has 0 unspecified atom stereocenters. The maximum Gasteiger partial charge on any atom is 0.340 e. The predicted octanol–water partition coefficient (Wildman–Crippen LogP) is 3.26. The van der Waals surface area contributed by atoms with E-state index in [1.807, 2.05) is 19.1 Å². The average molecular weight is 356 g/mol. The van der Waals surface area contributed by atoms with E-state index in [0.29, 0.717) is 11.3 Å². The van der Waals surface area contributed by atoms with Crippen molar-refractivity contribution in [2.24, 2.45) is 0 Å². The fourth-order valence-electron chi connectivity index (χ4n) is 2.41. The van der Waals surface area contributed by atoms with Gasteiger partial charge in [-0.15, -0.1) is 0 Å². The van der Waals surface area contributed by atoms with Gasteiger partial charge >= 0.3 is 5.97 Å². The second-order valence-electron chi connectivity index (χ2n) is 5.90. The van der Waals surface area contributed by atoms with Crippen LogP contribution in [0.5, 0.6) is 0 Å². The molecule has 0 aliphatic rings. The Kier molecular flexibility index (Phi) is 6.06. The topological polar surface area (TPSA) is 89.8 Å². The standard InChI is InChI=1S/C19H20N2O5/c1-4-13-5-7-14(8-6-13)18(22)12-26-19(23)16-11-15(21(24)25)9-10-17(16)20(2)3/h5-11H,4,12H2,1-3H3. The van der Waals surface area contributed by atoms with E-state index in [2.05, 4.69) is 0 Å². The number of esters is 1. The molecule has 7 heteroatoms. The molecule has 7 nitrogen and oxygen atoms in total. The molecule has 2 aromatic carbocycles. The third-order valence-corrected chi connectivity index (χ3v) is 3.91. The van der Waals surface area contributed by atoms with Gasteiger partial charge in [-0.05, 0) is 18.1 Å². The number of nitrogens with zero attached hydrogens (tertiary/aromatic N) is 2. The molecule has 0 aromatic heterocycles. The Hall–Kier alpha value is -3.22. The third kappa shape index (κ3) is 4.44. The maximum atomic E-state index is 12.4. The minimum absolute atomic E-state index is 0.0401. The van der Waals surface area contributed by atoms with Gasteiger partial charge in [-0.3, -0.25) is 14.9 Å². The van der Waals surface area contributed by atoms with Crippen LogP contribution in [0.2, 0.25) is 0 Å². The van der Waals surface area contributed by atoms with Gasteiger partial charge in [0.25, 0.3) is 5.69 Å². The van der Waals surface area contributed by atoms with Crippen LogP contribution in [0.4, 0.5) is 11.4 Å². The summed E-state index contributed by atoms with van der Waals surface area (Å²) in [4.78, 5) is 36.5. The highest BCUT2D eigenvalue weighted by Crippen LogP contribution is 2.25. The van der Waals surface area contributed by atoms with E-state index < -0.39 is 17.5 Å². The number of hydrogen-bond acceptors (Lipinski definition) is 6. The summed E-state index contributed by atoms with van der Waals surface area (Å²) < 4.78 is 5.09. The molecule has 0 aliphatic heterocycles. The van der Waals surface area contributed by atoms with Crippen molar-refractivity contribution in [3.8, 4) is 0 Å². The highest BCUT2D eigenvalue weighted by molar-refractivity contribution is 6.01. The van der Waals surface area contributed by atoms with Crippen LogP contribution in [0, 0.1) is 10.1 Å². The third-order valence-electron chi connectivity index (χ3n) is 3.91. The minimum atomic E-state index is -0.782. The monoisotopic (exact) mass is 356 g/mol. The number of non-ortho nitro benzene ring substituents is 1. The Morgan fingerprint density at radius 1 is 1.12 bits per heavy atom. The first-order chi connectivity index (χ1) is 12.3. The summed E-state index contributed by atoms with van der Waals surface area (Å²) in [6.07, 6.45) is 0.865. The van der Waals surface area contributed by atoms with Gasteiger partial charge in [0.05, 0.1) is 16.2 Å². The molecule has 0 spiro atoms. The van der Waals surface area contributed by atoms with Crippen molar-refractivity contribution in [2.45, 2.75) is 13.3 Å². The second kappa shape index (κ2) is 8.24. The zero-order valence-electron chi connectivity index (χ0n) is 14.9. The lowest BCUT2D eigenvalue weighted by Crippen LogP contribution is -2.18. The van der Waals surface area contributed by atoms with Crippen molar-refractivity contribution in [3.05, 3.63) is 69.3 Å². The first-order valence-electron chi connectivity index (χ1n) is 8.08. The first kappa shape index (κ1) is 19.1. The fraction of sp³-hybridized carbons (Fsp3) is 0.263. The highest BCUT2D eigenvalue weighted by Gasteiger charge is 2.20. The molecular formula is C19H20N2O5. The Labute approximate surface area is 151 Å². The molecule has 0 fully saturated rings. The number of rotatable bonds is 7. The van der Waals surface area contributed by atoms with Crippen LogP contribution in [0.3, 0.4) is 0 Å². The van der Waals surface area contributed by atoms with Gasteiger partial charge in [-0.1, -0.05) is 31.2 Å². The summed E-state index contributed by atoms with van der Waals surface area (Å²) in [6.45, 7) is 1.58. The van der Waals surface area contributed by atoms with Crippen LogP contribution in [-0.4, -0.2) is 37.4 Å². The summed E-state index contributed by atoms with van der Waals surface area (Å²) in [5.41, 5.74) is 1.84. The Bertz CT molecular complexity index is 828. The fourth-order valence-corrected chi connectivity index (χ4v) is 2.41. The number of ether oxygens (including phenoxy) is 1. The van der Waals surface area contributed by atoms with E-state index in [1.54, 1.807) is 31.1 Å². The van der Waals surface area contributed by atoms with Gasteiger partial charge in [0.2, 0.25) is 0 Å². The van der Waals surface area contributed by atoms with E-state index in [1.165, 1.54) is 12.1 Å². The van der Waals surface area contributed by atoms with Crippen LogP contribution < -0.4 is 4.90 Å². The van der Waals surface area contributed by atoms with E-state index >= 15 is 0 Å². The van der Waals surface area contributed by atoms with Gasteiger partial charge in [0.15, 0.2) is 12.4 Å². The quantitative estimate of drug-likeness (QED) is 0.327. The zero-order chi connectivity index (χ0) is 19.3. The largest absolute Gasteiger partial charge is 0.454 e. The molecule has 0 radical (unpaired) electrons. The molecule has 0 saturated heterocycles. The molecule has 0 N–H and O–H groups in total. The normalized spacial score (nSPS) is 10.3. The van der Waals surface area contributed by atoms with Gasteiger partial charge in [0, 0.05) is 31.8 Å². The van der Waals surface area contributed by atoms with E-state index in [0.717, 1.165) is 18.1 Å². The highest BCUT2D eigenvalue weighted by atomic mass is 16.6. The maximum absolute atomic E-state index is 12.4. The van der Waals surface area contributed by atoms with Gasteiger partial charge in [-0.2, -0.15) is 0 Å². The van der Waals surface area contributed by atoms with Gasteiger partial charge < -0.3 is 9.64 Å². The van der Waals surface area contributed by atoms with Crippen LogP contribution >= 0.6 is 0 Å². The molecule has 0 bridgehead atoms. The van der Waals surface area contributed by atoms with Crippen LogP contribution in [0.1, 0.15) is 33.2 Å². The van der Waals surface area contributed by atoms with Crippen LogP contribution in [0.15, 0.2) is 42.5 Å². The summed E-state index contributed by atoms with van der Waals surface area (Å²) in [5.74, 6) is -1.12. The number of nitro groups is 1. The smallest absolute Gasteiger partial charge is 0.340 e. The number of carbonyl (C=O) groups excluding carboxylic acids is 2. The van der Waals surface area contributed by atoms with Crippen molar-refractivity contribution >= 4 is 23.1 Å². The number of ketones is 1. The zero-order valence-corrected chi connectivity index (χ0v) is 14.9. The summed E-state index contributed by atoms with van der Waals surface area (Å²) in [7, 11) is 3.41. The lowest BCUT2D eigenvalue weighted by Gasteiger charge is -2.16. The lowest BCUT2D eigenvalue weighted by molar-refractivity contribution is -0.384. The molecule has 26 heavy (non-hydrogen) atoms. The second-order valence-corrected chi connectivity index (χ2v) is 5.90. The molecule has 0 aliphatic carbocycles. The summed E-state index contributed by atoms with van der Waals surface area (Å²) in [5, 5.41) is 10.9. The van der Waals surface area contributed by atoms with Crippen molar-refractivity contribution in [1.82, 2.24) is 0 Å². The molecule has 0 heterocycles.